The molecule has 0 atom stereocenters. The van der Waals surface area contributed by atoms with Crippen LogP contribution in [0.25, 0.3) is 0 Å². The Morgan fingerprint density at radius 1 is 1.23 bits per heavy atom. The lowest BCUT2D eigenvalue weighted by Gasteiger charge is -2.26. The molecule has 1 aliphatic heterocycles. The zero-order chi connectivity index (χ0) is 15.8. The Balaban J connectivity index is 1.84. The molecular formula is C15H22N2O5. The van der Waals surface area contributed by atoms with Gasteiger partial charge in [0, 0.05) is 19.6 Å². The van der Waals surface area contributed by atoms with Crippen molar-refractivity contribution in [2.75, 3.05) is 53.7 Å². The first-order valence-corrected chi connectivity index (χ1v) is 7.19. The standard InChI is InChI=1S/C15H22N2O5/c1-19-12-4-3-5-13(20-2)14(12)15(18)16-22-11-8-17-6-9-21-10-7-17/h3-5H,6-11H2,1-2H3,(H,16,18). The molecule has 122 valence electrons. The summed E-state index contributed by atoms with van der Waals surface area (Å²) in [6, 6.07) is 5.16. The number of morpholine rings is 1. The van der Waals surface area contributed by atoms with Crippen LogP contribution in [-0.2, 0) is 9.57 Å². The second-order valence-corrected chi connectivity index (χ2v) is 4.77. The van der Waals surface area contributed by atoms with Crippen LogP contribution in [0.1, 0.15) is 10.4 Å². The predicted molar refractivity (Wildman–Crippen MR) is 80.2 cm³/mol. The first-order chi connectivity index (χ1) is 10.8. The van der Waals surface area contributed by atoms with Gasteiger partial charge < -0.3 is 14.2 Å². The molecule has 0 spiro atoms. The summed E-state index contributed by atoms with van der Waals surface area (Å²) >= 11 is 0. The molecule has 0 unspecified atom stereocenters. The fourth-order valence-electron chi connectivity index (χ4n) is 2.24. The number of rotatable bonds is 7. The largest absolute Gasteiger partial charge is 0.496 e. The lowest BCUT2D eigenvalue weighted by atomic mass is 10.1. The van der Waals surface area contributed by atoms with Gasteiger partial charge >= 0.3 is 0 Å². The number of hydrogen-bond acceptors (Lipinski definition) is 6. The molecule has 1 N–H and O–H groups in total. The highest BCUT2D eigenvalue weighted by Gasteiger charge is 2.18. The normalized spacial score (nSPS) is 15.4. The van der Waals surface area contributed by atoms with Crippen molar-refractivity contribution in [1.82, 2.24) is 10.4 Å². The van der Waals surface area contributed by atoms with Crippen molar-refractivity contribution in [3.63, 3.8) is 0 Å². The zero-order valence-corrected chi connectivity index (χ0v) is 13.0. The van der Waals surface area contributed by atoms with E-state index in [4.69, 9.17) is 19.0 Å². The molecule has 7 nitrogen and oxygen atoms in total. The lowest BCUT2D eigenvalue weighted by Crippen LogP contribution is -2.39. The molecule has 0 aromatic heterocycles. The maximum atomic E-state index is 12.2. The number of hydrogen-bond donors (Lipinski definition) is 1. The van der Waals surface area contributed by atoms with Crippen LogP contribution >= 0.6 is 0 Å². The van der Waals surface area contributed by atoms with Crippen LogP contribution in [0.4, 0.5) is 0 Å². The van der Waals surface area contributed by atoms with Crippen molar-refractivity contribution in [1.29, 1.82) is 0 Å². The Labute approximate surface area is 130 Å². The van der Waals surface area contributed by atoms with Crippen LogP contribution in [0.5, 0.6) is 11.5 Å². The summed E-state index contributed by atoms with van der Waals surface area (Å²) in [6.45, 7) is 4.40. The number of nitrogens with zero attached hydrogens (tertiary/aromatic N) is 1. The summed E-state index contributed by atoms with van der Waals surface area (Å²) in [5.74, 6) is 0.485. The van der Waals surface area contributed by atoms with Gasteiger partial charge in [-0.1, -0.05) is 6.07 Å². The number of ether oxygens (including phenoxy) is 3. The molecule has 1 aromatic rings. The smallest absolute Gasteiger partial charge is 0.282 e. The molecule has 0 saturated carbocycles. The Morgan fingerprint density at radius 2 is 1.86 bits per heavy atom. The molecule has 1 amide bonds. The average molecular weight is 310 g/mol. The van der Waals surface area contributed by atoms with Crippen molar-refractivity contribution in [2.24, 2.45) is 0 Å². The van der Waals surface area contributed by atoms with E-state index < -0.39 is 5.91 Å². The van der Waals surface area contributed by atoms with Crippen molar-refractivity contribution >= 4 is 5.91 Å². The van der Waals surface area contributed by atoms with E-state index >= 15 is 0 Å². The molecular weight excluding hydrogens is 288 g/mol. The minimum atomic E-state index is -0.392. The molecule has 0 radical (unpaired) electrons. The number of carbonyl (C=O) groups excluding carboxylic acids is 1. The Morgan fingerprint density at radius 3 is 2.45 bits per heavy atom. The highest BCUT2D eigenvalue weighted by Crippen LogP contribution is 2.27. The van der Waals surface area contributed by atoms with E-state index in [1.54, 1.807) is 18.2 Å². The number of amides is 1. The van der Waals surface area contributed by atoms with Gasteiger partial charge in [0.15, 0.2) is 0 Å². The van der Waals surface area contributed by atoms with Gasteiger partial charge in [-0.25, -0.2) is 5.48 Å². The van der Waals surface area contributed by atoms with E-state index in [2.05, 4.69) is 10.4 Å². The minimum Gasteiger partial charge on any atom is -0.496 e. The van der Waals surface area contributed by atoms with Gasteiger partial charge in [0.25, 0.3) is 5.91 Å². The highest BCUT2D eigenvalue weighted by molar-refractivity contribution is 5.99. The van der Waals surface area contributed by atoms with Gasteiger partial charge in [0.1, 0.15) is 17.1 Å². The van der Waals surface area contributed by atoms with Crippen LogP contribution in [0.3, 0.4) is 0 Å². The van der Waals surface area contributed by atoms with Gasteiger partial charge in [0.2, 0.25) is 0 Å². The van der Waals surface area contributed by atoms with Crippen LogP contribution in [0.15, 0.2) is 18.2 Å². The van der Waals surface area contributed by atoms with Crippen LogP contribution in [-0.4, -0.2) is 64.5 Å². The molecule has 1 aliphatic rings. The highest BCUT2D eigenvalue weighted by atomic mass is 16.7. The Hall–Kier alpha value is -1.83. The topological polar surface area (TPSA) is 69.3 Å². The first-order valence-electron chi connectivity index (χ1n) is 7.19. The Kier molecular flexibility index (Phi) is 6.45. The van der Waals surface area contributed by atoms with E-state index in [1.165, 1.54) is 14.2 Å². The molecule has 0 bridgehead atoms. The third-order valence-electron chi connectivity index (χ3n) is 3.43. The predicted octanol–water partition coefficient (Wildman–Crippen LogP) is 0.697. The Bertz CT molecular complexity index is 467. The molecule has 1 heterocycles. The van der Waals surface area contributed by atoms with Gasteiger partial charge in [0.05, 0.1) is 34.0 Å². The van der Waals surface area contributed by atoms with E-state index in [-0.39, 0.29) is 0 Å². The molecule has 1 aromatic carbocycles. The van der Waals surface area contributed by atoms with Crippen molar-refractivity contribution in [2.45, 2.75) is 0 Å². The fraction of sp³-hybridized carbons (Fsp3) is 0.533. The number of nitrogens with one attached hydrogen (secondary N) is 1. The number of methoxy groups -OCH3 is 2. The second-order valence-electron chi connectivity index (χ2n) is 4.77. The summed E-state index contributed by atoms with van der Waals surface area (Å²) in [6.07, 6.45) is 0. The summed E-state index contributed by atoms with van der Waals surface area (Å²) < 4.78 is 15.7. The fourth-order valence-corrected chi connectivity index (χ4v) is 2.24. The molecule has 1 fully saturated rings. The molecule has 7 heteroatoms. The van der Waals surface area contributed by atoms with E-state index in [0.29, 0.717) is 23.7 Å². The van der Waals surface area contributed by atoms with Gasteiger partial charge in [-0.3, -0.25) is 14.5 Å². The van der Waals surface area contributed by atoms with Crippen molar-refractivity contribution < 1.29 is 23.8 Å². The monoisotopic (exact) mass is 310 g/mol. The maximum absolute atomic E-state index is 12.2. The van der Waals surface area contributed by atoms with E-state index in [0.717, 1.165) is 32.8 Å². The van der Waals surface area contributed by atoms with Crippen LogP contribution in [0, 0.1) is 0 Å². The maximum Gasteiger partial charge on any atom is 0.282 e. The molecule has 2 rings (SSSR count). The van der Waals surface area contributed by atoms with Gasteiger partial charge in [-0.05, 0) is 12.1 Å². The molecule has 22 heavy (non-hydrogen) atoms. The third kappa shape index (κ3) is 4.33. The SMILES string of the molecule is COc1cccc(OC)c1C(=O)NOCCN1CCOCC1. The van der Waals surface area contributed by atoms with Crippen molar-refractivity contribution in [3.8, 4) is 11.5 Å². The van der Waals surface area contributed by atoms with Crippen molar-refractivity contribution in [3.05, 3.63) is 23.8 Å². The lowest BCUT2D eigenvalue weighted by molar-refractivity contribution is -0.00194. The summed E-state index contributed by atoms with van der Waals surface area (Å²) in [5, 5.41) is 0. The van der Waals surface area contributed by atoms with Crippen LogP contribution < -0.4 is 15.0 Å². The minimum absolute atomic E-state index is 0.318. The molecule has 0 aliphatic carbocycles. The number of carbonyl (C=O) groups is 1. The van der Waals surface area contributed by atoms with Gasteiger partial charge in [-0.2, -0.15) is 0 Å². The second kappa shape index (κ2) is 8.57. The van der Waals surface area contributed by atoms with E-state index in [1.807, 2.05) is 0 Å². The zero-order valence-electron chi connectivity index (χ0n) is 13.0. The summed E-state index contributed by atoms with van der Waals surface area (Å²) in [5.41, 5.74) is 2.75. The number of benzene rings is 1. The first kappa shape index (κ1) is 16.5. The van der Waals surface area contributed by atoms with Crippen LogP contribution in [0.2, 0.25) is 0 Å². The van der Waals surface area contributed by atoms with Gasteiger partial charge in [-0.15, -0.1) is 0 Å². The average Bonchev–Trinajstić information content (AvgIpc) is 2.58. The third-order valence-corrected chi connectivity index (χ3v) is 3.43. The van der Waals surface area contributed by atoms with E-state index in [9.17, 15) is 4.79 Å². The quantitative estimate of drug-likeness (QED) is 0.590. The molecule has 1 saturated heterocycles. The number of hydroxylamine groups is 1. The summed E-state index contributed by atoms with van der Waals surface area (Å²) in [7, 11) is 3.01. The summed E-state index contributed by atoms with van der Waals surface area (Å²) in [4.78, 5) is 19.7.